The number of thioether (sulfide) groups is 1. The van der Waals surface area contributed by atoms with Crippen molar-refractivity contribution in [2.24, 2.45) is 0 Å². The molecular formula is C21H22N4O3S. The summed E-state index contributed by atoms with van der Waals surface area (Å²) in [5, 5.41) is 3.97. The first-order chi connectivity index (χ1) is 14.2. The van der Waals surface area contributed by atoms with Crippen LogP contribution in [0.15, 0.2) is 58.6 Å². The lowest BCUT2D eigenvalue weighted by Crippen LogP contribution is -2.30. The molecule has 29 heavy (non-hydrogen) atoms. The Bertz CT molecular complexity index is 1050. The van der Waals surface area contributed by atoms with Crippen LogP contribution < -0.4 is 10.9 Å². The van der Waals surface area contributed by atoms with E-state index in [2.05, 4.69) is 15.3 Å². The Kier molecular flexibility index (Phi) is 6.21. The predicted molar refractivity (Wildman–Crippen MR) is 112 cm³/mol. The molecule has 7 nitrogen and oxygen atoms in total. The van der Waals surface area contributed by atoms with Crippen LogP contribution in [0.3, 0.4) is 0 Å². The summed E-state index contributed by atoms with van der Waals surface area (Å²) in [6.45, 7) is 1.54. The van der Waals surface area contributed by atoms with Crippen molar-refractivity contribution in [3.05, 3.63) is 64.7 Å². The molecule has 1 aliphatic rings. The van der Waals surface area contributed by atoms with Crippen LogP contribution in [0, 0.1) is 0 Å². The quantitative estimate of drug-likeness (QED) is 0.475. The summed E-state index contributed by atoms with van der Waals surface area (Å²) in [7, 11) is 0. The number of carbonyl (C=O) groups is 1. The third-order valence-electron chi connectivity index (χ3n) is 4.76. The smallest absolute Gasteiger partial charge is 0.262 e. The maximum atomic E-state index is 13.0. The largest absolute Gasteiger partial charge is 0.376 e. The molecule has 1 amide bonds. The first-order valence-electron chi connectivity index (χ1n) is 9.61. The number of nitrogens with zero attached hydrogens (tertiary/aromatic N) is 3. The molecule has 1 aromatic carbocycles. The molecule has 0 bridgehead atoms. The zero-order valence-corrected chi connectivity index (χ0v) is 16.7. The van der Waals surface area contributed by atoms with Crippen LogP contribution in [-0.2, 0) is 22.6 Å². The molecule has 1 N–H and O–H groups in total. The first kappa shape index (κ1) is 19.6. The molecule has 1 fully saturated rings. The number of ether oxygens (including phenoxy) is 1. The summed E-state index contributed by atoms with van der Waals surface area (Å²) in [6.07, 6.45) is 3.62. The highest BCUT2D eigenvalue weighted by Crippen LogP contribution is 2.21. The highest BCUT2D eigenvalue weighted by atomic mass is 32.2. The molecule has 4 rings (SSSR count). The van der Waals surface area contributed by atoms with E-state index in [-0.39, 0.29) is 23.3 Å². The van der Waals surface area contributed by atoms with Gasteiger partial charge in [-0.1, -0.05) is 30.0 Å². The fraction of sp³-hybridized carbons (Fsp3) is 0.333. The van der Waals surface area contributed by atoms with Gasteiger partial charge in [-0.25, -0.2) is 4.98 Å². The van der Waals surface area contributed by atoms with Gasteiger partial charge in [-0.2, -0.15) is 0 Å². The van der Waals surface area contributed by atoms with E-state index in [1.165, 1.54) is 11.8 Å². The van der Waals surface area contributed by atoms with Crippen LogP contribution in [0.1, 0.15) is 18.5 Å². The fourth-order valence-electron chi connectivity index (χ4n) is 3.28. The van der Waals surface area contributed by atoms with Gasteiger partial charge in [0.1, 0.15) is 0 Å². The lowest BCUT2D eigenvalue weighted by atomic mass is 10.2. The SMILES string of the molecule is O=C(CSc1nc2ccccc2c(=O)n1CC1CCCO1)NCc1ccccn1. The number of carbonyl (C=O) groups excluding carboxylic acids is 1. The van der Waals surface area contributed by atoms with Crippen LogP contribution >= 0.6 is 11.8 Å². The van der Waals surface area contributed by atoms with Gasteiger partial charge >= 0.3 is 0 Å². The minimum absolute atomic E-state index is 0.00740. The Morgan fingerprint density at radius 1 is 1.24 bits per heavy atom. The average Bonchev–Trinajstić information content (AvgIpc) is 3.27. The number of aromatic nitrogens is 3. The zero-order valence-electron chi connectivity index (χ0n) is 15.9. The summed E-state index contributed by atoms with van der Waals surface area (Å²) in [4.78, 5) is 34.2. The second-order valence-electron chi connectivity index (χ2n) is 6.85. The van der Waals surface area contributed by atoms with Crippen LogP contribution in [-0.4, -0.2) is 38.9 Å². The number of fused-ring (bicyclic) bond motifs is 1. The van der Waals surface area contributed by atoms with Crippen LogP contribution in [0.2, 0.25) is 0 Å². The van der Waals surface area contributed by atoms with Crippen molar-refractivity contribution < 1.29 is 9.53 Å². The number of benzene rings is 1. The second-order valence-corrected chi connectivity index (χ2v) is 7.79. The Balaban J connectivity index is 1.50. The number of rotatable bonds is 7. The van der Waals surface area contributed by atoms with Crippen molar-refractivity contribution >= 4 is 28.6 Å². The minimum Gasteiger partial charge on any atom is -0.376 e. The van der Waals surface area contributed by atoms with Gasteiger partial charge in [0.2, 0.25) is 5.91 Å². The predicted octanol–water partition coefficient (Wildman–Crippen LogP) is 2.38. The maximum Gasteiger partial charge on any atom is 0.262 e. The second kappa shape index (κ2) is 9.19. The highest BCUT2D eigenvalue weighted by molar-refractivity contribution is 7.99. The van der Waals surface area contributed by atoms with Crippen molar-refractivity contribution in [3.8, 4) is 0 Å². The monoisotopic (exact) mass is 410 g/mol. The summed E-state index contributed by atoms with van der Waals surface area (Å²) in [5.41, 5.74) is 1.34. The molecule has 1 aliphatic heterocycles. The molecule has 1 saturated heterocycles. The van der Waals surface area contributed by atoms with Gasteiger partial charge in [-0.3, -0.25) is 19.1 Å². The third kappa shape index (κ3) is 4.83. The number of amides is 1. The van der Waals surface area contributed by atoms with Gasteiger partial charge in [0.05, 0.1) is 41.5 Å². The summed E-state index contributed by atoms with van der Waals surface area (Å²) in [5.74, 6) is 0.0371. The molecule has 1 atom stereocenters. The van der Waals surface area contributed by atoms with Crippen molar-refractivity contribution in [1.29, 1.82) is 0 Å². The van der Waals surface area contributed by atoms with Crippen molar-refractivity contribution in [1.82, 2.24) is 19.9 Å². The van der Waals surface area contributed by atoms with Crippen molar-refractivity contribution in [3.63, 3.8) is 0 Å². The Morgan fingerprint density at radius 3 is 2.90 bits per heavy atom. The first-order valence-corrected chi connectivity index (χ1v) is 10.6. The number of pyridine rings is 1. The minimum atomic E-state index is -0.133. The van der Waals surface area contributed by atoms with E-state index >= 15 is 0 Å². The van der Waals surface area contributed by atoms with Crippen LogP contribution in [0.4, 0.5) is 0 Å². The topological polar surface area (TPSA) is 86.1 Å². The van der Waals surface area contributed by atoms with E-state index in [0.29, 0.717) is 29.1 Å². The lowest BCUT2D eigenvalue weighted by molar-refractivity contribution is -0.118. The summed E-state index contributed by atoms with van der Waals surface area (Å²) in [6, 6.07) is 12.9. The van der Waals surface area contributed by atoms with E-state index in [1.807, 2.05) is 36.4 Å². The Hall–Kier alpha value is -2.71. The van der Waals surface area contributed by atoms with Gasteiger partial charge in [0.15, 0.2) is 5.16 Å². The molecule has 0 spiro atoms. The van der Waals surface area contributed by atoms with E-state index in [4.69, 9.17) is 4.74 Å². The molecular weight excluding hydrogens is 388 g/mol. The molecule has 0 radical (unpaired) electrons. The maximum absolute atomic E-state index is 13.0. The zero-order chi connectivity index (χ0) is 20.1. The molecule has 0 aliphatic carbocycles. The molecule has 2 aromatic heterocycles. The van der Waals surface area contributed by atoms with Crippen LogP contribution in [0.5, 0.6) is 0 Å². The average molecular weight is 410 g/mol. The molecule has 8 heteroatoms. The molecule has 1 unspecified atom stereocenters. The van der Waals surface area contributed by atoms with E-state index in [1.54, 1.807) is 16.8 Å². The molecule has 3 aromatic rings. The van der Waals surface area contributed by atoms with Gasteiger partial charge in [-0.15, -0.1) is 0 Å². The number of nitrogens with one attached hydrogen (secondary N) is 1. The van der Waals surface area contributed by atoms with Crippen LogP contribution in [0.25, 0.3) is 10.9 Å². The number of para-hydroxylation sites is 1. The standard InChI is InChI=1S/C21H22N4O3S/c26-19(23-12-15-6-3-4-10-22-15)14-29-21-24-18-9-2-1-8-17(18)20(27)25(21)13-16-7-5-11-28-16/h1-4,6,8-10,16H,5,7,11-14H2,(H,23,26). The summed E-state index contributed by atoms with van der Waals surface area (Å²) < 4.78 is 7.36. The number of hydrogen-bond acceptors (Lipinski definition) is 6. The van der Waals surface area contributed by atoms with Crippen molar-refractivity contribution in [2.45, 2.75) is 37.2 Å². The summed E-state index contributed by atoms with van der Waals surface area (Å²) >= 11 is 1.27. The van der Waals surface area contributed by atoms with Gasteiger partial charge in [0, 0.05) is 12.8 Å². The van der Waals surface area contributed by atoms with E-state index in [9.17, 15) is 9.59 Å². The highest BCUT2D eigenvalue weighted by Gasteiger charge is 2.20. The molecule has 3 heterocycles. The molecule has 0 saturated carbocycles. The third-order valence-corrected chi connectivity index (χ3v) is 5.74. The fourth-order valence-corrected chi connectivity index (χ4v) is 4.12. The number of hydrogen-bond donors (Lipinski definition) is 1. The Morgan fingerprint density at radius 2 is 2.10 bits per heavy atom. The van der Waals surface area contributed by atoms with E-state index in [0.717, 1.165) is 25.1 Å². The normalized spacial score (nSPS) is 16.2. The van der Waals surface area contributed by atoms with Gasteiger partial charge in [0.25, 0.3) is 5.56 Å². The van der Waals surface area contributed by atoms with Crippen molar-refractivity contribution in [2.75, 3.05) is 12.4 Å². The Labute approximate surface area is 172 Å². The van der Waals surface area contributed by atoms with Gasteiger partial charge < -0.3 is 10.1 Å². The molecule has 150 valence electrons. The van der Waals surface area contributed by atoms with Gasteiger partial charge in [-0.05, 0) is 37.1 Å². The lowest BCUT2D eigenvalue weighted by Gasteiger charge is -2.16. The van der Waals surface area contributed by atoms with E-state index < -0.39 is 0 Å².